The summed E-state index contributed by atoms with van der Waals surface area (Å²) < 4.78 is 5.12. The normalized spacial score (nSPS) is 10.8. The van der Waals surface area contributed by atoms with E-state index in [4.69, 9.17) is 4.74 Å². The molecule has 0 atom stereocenters. The third-order valence-electron chi connectivity index (χ3n) is 3.55. The minimum absolute atomic E-state index is 0.313. The van der Waals surface area contributed by atoms with Gasteiger partial charge in [-0.3, -0.25) is 4.79 Å². The second-order valence-corrected chi connectivity index (χ2v) is 5.24. The quantitative estimate of drug-likeness (QED) is 0.706. The highest BCUT2D eigenvalue weighted by Gasteiger charge is 2.02. The number of methoxy groups -OCH3 is 1. The fourth-order valence-corrected chi connectivity index (χ4v) is 2.23. The van der Waals surface area contributed by atoms with E-state index in [9.17, 15) is 4.79 Å². The van der Waals surface area contributed by atoms with Crippen LogP contribution in [0, 0.1) is 0 Å². The number of benzene rings is 2. The summed E-state index contributed by atoms with van der Waals surface area (Å²) in [6.07, 6.45) is 6.95. The number of carbonyl (C=O) groups excluding carboxylic acids is 1. The molecule has 0 fully saturated rings. The van der Waals surface area contributed by atoms with Gasteiger partial charge in [0.05, 0.1) is 7.11 Å². The van der Waals surface area contributed by atoms with Crippen LogP contribution in [0.15, 0.2) is 60.7 Å². The molecule has 2 aromatic rings. The maximum absolute atomic E-state index is 11.9. The van der Waals surface area contributed by atoms with Crippen molar-refractivity contribution in [2.45, 2.75) is 25.7 Å². The summed E-state index contributed by atoms with van der Waals surface area (Å²) in [5, 5.41) is 0. The Morgan fingerprint density at radius 1 is 1.00 bits per heavy atom. The molecule has 2 aromatic carbocycles. The summed E-state index contributed by atoms with van der Waals surface area (Å²) in [6.45, 7) is 0. The van der Waals surface area contributed by atoms with Crippen molar-refractivity contribution in [1.82, 2.24) is 0 Å². The van der Waals surface area contributed by atoms with Gasteiger partial charge in [-0.1, -0.05) is 54.6 Å². The highest BCUT2D eigenvalue weighted by Crippen LogP contribution is 2.13. The van der Waals surface area contributed by atoms with Gasteiger partial charge in [0.25, 0.3) is 0 Å². The summed E-state index contributed by atoms with van der Waals surface area (Å²) in [7, 11) is 1.65. The molecule has 0 spiro atoms. The molecule has 114 valence electrons. The van der Waals surface area contributed by atoms with Gasteiger partial charge in [-0.2, -0.15) is 0 Å². The van der Waals surface area contributed by atoms with Crippen molar-refractivity contribution in [3.8, 4) is 5.75 Å². The molecule has 0 aliphatic carbocycles. The van der Waals surface area contributed by atoms with Gasteiger partial charge in [0, 0.05) is 12.8 Å². The van der Waals surface area contributed by atoms with Gasteiger partial charge in [0.1, 0.15) is 11.5 Å². The van der Waals surface area contributed by atoms with Crippen molar-refractivity contribution in [3.05, 3.63) is 71.8 Å². The largest absolute Gasteiger partial charge is 0.497 e. The van der Waals surface area contributed by atoms with Gasteiger partial charge in [0.2, 0.25) is 0 Å². The number of hydrogen-bond acceptors (Lipinski definition) is 2. The number of allylic oxidation sites excluding steroid dienone is 1. The second kappa shape index (κ2) is 8.83. The van der Waals surface area contributed by atoms with Gasteiger partial charge >= 0.3 is 0 Å². The zero-order valence-electron chi connectivity index (χ0n) is 13.0. The van der Waals surface area contributed by atoms with E-state index >= 15 is 0 Å². The Morgan fingerprint density at radius 3 is 2.41 bits per heavy atom. The number of Topliss-reactive ketones (excluding diaryl/α,β-unsaturated/α-hetero) is 1. The topological polar surface area (TPSA) is 26.3 Å². The van der Waals surface area contributed by atoms with Crippen LogP contribution < -0.4 is 4.74 Å². The molecule has 2 nitrogen and oxygen atoms in total. The van der Waals surface area contributed by atoms with Crippen LogP contribution in [0.3, 0.4) is 0 Å². The maximum atomic E-state index is 11.9. The molecule has 2 rings (SSSR count). The first kappa shape index (κ1) is 16.0. The Morgan fingerprint density at radius 2 is 1.73 bits per heavy atom. The highest BCUT2D eigenvalue weighted by molar-refractivity contribution is 5.78. The molecule has 0 aromatic heterocycles. The number of carbonyl (C=O) groups is 1. The van der Waals surface area contributed by atoms with Crippen LogP contribution >= 0.6 is 0 Å². The fraction of sp³-hybridized carbons (Fsp3) is 0.250. The predicted octanol–water partition coefficient (Wildman–Crippen LogP) is 4.69. The third-order valence-corrected chi connectivity index (χ3v) is 3.55. The molecule has 0 radical (unpaired) electrons. The lowest BCUT2D eigenvalue weighted by molar-refractivity contribution is -0.118. The Balaban J connectivity index is 1.68. The average molecular weight is 294 g/mol. The van der Waals surface area contributed by atoms with Crippen molar-refractivity contribution in [2.75, 3.05) is 7.11 Å². The van der Waals surface area contributed by atoms with E-state index < -0.39 is 0 Å². The lowest BCUT2D eigenvalue weighted by Gasteiger charge is -2.03. The second-order valence-electron chi connectivity index (χ2n) is 5.24. The van der Waals surface area contributed by atoms with Crippen LogP contribution in [-0.4, -0.2) is 12.9 Å². The molecule has 2 heteroatoms. The molecule has 0 saturated heterocycles. The summed E-state index contributed by atoms with van der Waals surface area (Å²) in [5.41, 5.74) is 2.35. The monoisotopic (exact) mass is 294 g/mol. The molecule has 0 aliphatic rings. The smallest absolute Gasteiger partial charge is 0.133 e. The lowest BCUT2D eigenvalue weighted by atomic mass is 10.0. The van der Waals surface area contributed by atoms with Crippen LogP contribution in [0.4, 0.5) is 0 Å². The van der Waals surface area contributed by atoms with Gasteiger partial charge < -0.3 is 4.74 Å². The maximum Gasteiger partial charge on any atom is 0.133 e. The molecular weight excluding hydrogens is 272 g/mol. The first-order valence-corrected chi connectivity index (χ1v) is 7.64. The SMILES string of the molecule is COc1ccc(CCC(=O)CC/C=C/c2ccccc2)cc1. The van der Waals surface area contributed by atoms with Crippen molar-refractivity contribution >= 4 is 11.9 Å². The highest BCUT2D eigenvalue weighted by atomic mass is 16.5. The zero-order chi connectivity index (χ0) is 15.6. The van der Waals surface area contributed by atoms with Crippen LogP contribution in [0.2, 0.25) is 0 Å². The van der Waals surface area contributed by atoms with Crippen molar-refractivity contribution in [1.29, 1.82) is 0 Å². The number of hydrogen-bond donors (Lipinski definition) is 0. The Hall–Kier alpha value is -2.35. The average Bonchev–Trinajstić information content (AvgIpc) is 2.58. The summed E-state index contributed by atoms with van der Waals surface area (Å²) in [4.78, 5) is 11.9. The van der Waals surface area contributed by atoms with E-state index in [2.05, 4.69) is 24.3 Å². The van der Waals surface area contributed by atoms with E-state index in [1.165, 1.54) is 11.1 Å². The number of rotatable bonds is 8. The molecular formula is C20H22O2. The summed E-state index contributed by atoms with van der Waals surface area (Å²) >= 11 is 0. The van der Waals surface area contributed by atoms with E-state index in [1.54, 1.807) is 7.11 Å². The molecule has 0 unspecified atom stereocenters. The Kier molecular flexibility index (Phi) is 6.43. The van der Waals surface area contributed by atoms with E-state index in [1.807, 2.05) is 42.5 Å². The van der Waals surface area contributed by atoms with E-state index in [0.29, 0.717) is 18.6 Å². The molecule has 0 amide bonds. The van der Waals surface area contributed by atoms with E-state index in [0.717, 1.165) is 18.6 Å². The fourth-order valence-electron chi connectivity index (χ4n) is 2.23. The van der Waals surface area contributed by atoms with Crippen LogP contribution in [-0.2, 0) is 11.2 Å². The minimum Gasteiger partial charge on any atom is -0.497 e. The predicted molar refractivity (Wildman–Crippen MR) is 91.0 cm³/mol. The molecule has 0 heterocycles. The summed E-state index contributed by atoms with van der Waals surface area (Å²) in [5.74, 6) is 1.16. The van der Waals surface area contributed by atoms with Crippen LogP contribution in [0.5, 0.6) is 5.75 Å². The molecule has 22 heavy (non-hydrogen) atoms. The van der Waals surface area contributed by atoms with Gasteiger partial charge in [-0.15, -0.1) is 0 Å². The number of ether oxygens (including phenoxy) is 1. The summed E-state index contributed by atoms with van der Waals surface area (Å²) in [6, 6.07) is 18.0. The Labute approximate surface area is 132 Å². The van der Waals surface area contributed by atoms with Gasteiger partial charge in [0.15, 0.2) is 0 Å². The van der Waals surface area contributed by atoms with Crippen molar-refractivity contribution in [2.24, 2.45) is 0 Å². The number of aryl methyl sites for hydroxylation is 1. The van der Waals surface area contributed by atoms with Crippen molar-refractivity contribution < 1.29 is 9.53 Å². The third kappa shape index (κ3) is 5.57. The molecule has 0 N–H and O–H groups in total. The minimum atomic E-state index is 0.313. The van der Waals surface area contributed by atoms with Crippen molar-refractivity contribution in [3.63, 3.8) is 0 Å². The Bertz CT molecular complexity index is 597. The van der Waals surface area contributed by atoms with Gasteiger partial charge in [-0.25, -0.2) is 0 Å². The number of ketones is 1. The first-order chi connectivity index (χ1) is 10.8. The van der Waals surface area contributed by atoms with Crippen LogP contribution in [0.25, 0.3) is 6.08 Å². The zero-order valence-corrected chi connectivity index (χ0v) is 13.0. The van der Waals surface area contributed by atoms with Crippen LogP contribution in [0.1, 0.15) is 30.4 Å². The van der Waals surface area contributed by atoms with E-state index in [-0.39, 0.29) is 0 Å². The standard InChI is InChI=1S/C20H22O2/c1-22-20-15-12-18(13-16-20)11-14-19(21)10-6-5-9-17-7-3-2-4-8-17/h2-5,7-9,12-13,15-16H,6,10-11,14H2,1H3/b9-5+. The molecule has 0 bridgehead atoms. The molecule has 0 saturated carbocycles. The first-order valence-electron chi connectivity index (χ1n) is 7.64. The molecule has 0 aliphatic heterocycles. The lowest BCUT2D eigenvalue weighted by Crippen LogP contribution is -1.99. The van der Waals surface area contributed by atoms with Gasteiger partial charge in [-0.05, 0) is 36.1 Å².